The Labute approximate surface area is 130 Å². The van der Waals surface area contributed by atoms with Crippen LogP contribution in [0.4, 0.5) is 0 Å². The van der Waals surface area contributed by atoms with Crippen molar-refractivity contribution in [1.29, 1.82) is 0 Å². The number of ether oxygens (including phenoxy) is 1. The SMILES string of the molecule is COc1ccc(-c2noc(CCC3CCNC3)n2)cc1.Cl. The third-order valence-electron chi connectivity index (χ3n) is 3.75. The van der Waals surface area contributed by atoms with Crippen molar-refractivity contribution in [3.05, 3.63) is 30.2 Å². The summed E-state index contributed by atoms with van der Waals surface area (Å²) in [5.41, 5.74) is 0.948. The molecule has 1 atom stereocenters. The minimum absolute atomic E-state index is 0. The van der Waals surface area contributed by atoms with Gasteiger partial charge in [-0.25, -0.2) is 0 Å². The molecule has 2 heterocycles. The van der Waals surface area contributed by atoms with Crippen LogP contribution in [0.3, 0.4) is 0 Å². The number of hydrogen-bond acceptors (Lipinski definition) is 5. The number of nitrogens with one attached hydrogen (secondary N) is 1. The lowest BCUT2D eigenvalue weighted by Crippen LogP contribution is -2.09. The second kappa shape index (κ2) is 7.43. The zero-order valence-corrected chi connectivity index (χ0v) is 12.9. The first kappa shape index (κ1) is 15.8. The number of methoxy groups -OCH3 is 1. The molecule has 1 fully saturated rings. The molecule has 0 aliphatic carbocycles. The van der Waals surface area contributed by atoms with E-state index in [1.165, 1.54) is 6.42 Å². The normalized spacial score (nSPS) is 17.5. The zero-order valence-electron chi connectivity index (χ0n) is 12.0. The second-order valence-corrected chi connectivity index (χ2v) is 5.14. The fourth-order valence-corrected chi connectivity index (χ4v) is 2.50. The minimum Gasteiger partial charge on any atom is -0.497 e. The molecule has 1 aliphatic rings. The molecule has 114 valence electrons. The lowest BCUT2D eigenvalue weighted by molar-refractivity contribution is 0.365. The van der Waals surface area contributed by atoms with E-state index < -0.39 is 0 Å². The molecule has 1 saturated heterocycles. The Hall–Kier alpha value is -1.59. The molecule has 1 N–H and O–H groups in total. The molecule has 2 aromatic rings. The van der Waals surface area contributed by atoms with Gasteiger partial charge in [0, 0.05) is 12.0 Å². The minimum atomic E-state index is 0. The van der Waals surface area contributed by atoms with E-state index in [4.69, 9.17) is 9.26 Å². The predicted molar refractivity (Wildman–Crippen MR) is 82.8 cm³/mol. The smallest absolute Gasteiger partial charge is 0.226 e. The molecule has 1 aliphatic heterocycles. The summed E-state index contributed by atoms with van der Waals surface area (Å²) in [6, 6.07) is 7.67. The van der Waals surface area contributed by atoms with Crippen LogP contribution in [0.25, 0.3) is 11.4 Å². The van der Waals surface area contributed by atoms with Gasteiger partial charge in [0.1, 0.15) is 5.75 Å². The highest BCUT2D eigenvalue weighted by atomic mass is 35.5. The second-order valence-electron chi connectivity index (χ2n) is 5.14. The highest BCUT2D eigenvalue weighted by molar-refractivity contribution is 5.85. The number of halogens is 1. The van der Waals surface area contributed by atoms with Gasteiger partial charge in [-0.3, -0.25) is 0 Å². The Balaban J connectivity index is 0.00000161. The Morgan fingerprint density at radius 3 is 2.81 bits per heavy atom. The van der Waals surface area contributed by atoms with Gasteiger partial charge in [-0.2, -0.15) is 4.98 Å². The van der Waals surface area contributed by atoms with Crippen LogP contribution in [0.5, 0.6) is 5.75 Å². The number of aromatic nitrogens is 2. The van der Waals surface area contributed by atoms with E-state index in [9.17, 15) is 0 Å². The first-order valence-corrected chi connectivity index (χ1v) is 7.03. The van der Waals surface area contributed by atoms with Gasteiger partial charge in [-0.1, -0.05) is 5.16 Å². The number of nitrogens with zero attached hydrogens (tertiary/aromatic N) is 2. The van der Waals surface area contributed by atoms with Crippen molar-refractivity contribution in [1.82, 2.24) is 15.5 Å². The van der Waals surface area contributed by atoms with Crippen molar-refractivity contribution in [2.24, 2.45) is 5.92 Å². The van der Waals surface area contributed by atoms with Crippen molar-refractivity contribution in [3.8, 4) is 17.1 Å². The van der Waals surface area contributed by atoms with Crippen LogP contribution in [0, 0.1) is 5.92 Å². The predicted octanol–water partition coefficient (Wildman–Crippen LogP) is 2.71. The largest absolute Gasteiger partial charge is 0.497 e. The van der Waals surface area contributed by atoms with Gasteiger partial charge in [0.2, 0.25) is 11.7 Å². The fourth-order valence-electron chi connectivity index (χ4n) is 2.50. The molecule has 0 radical (unpaired) electrons. The number of hydrogen-bond donors (Lipinski definition) is 1. The van der Waals surface area contributed by atoms with Gasteiger partial charge in [0.05, 0.1) is 7.11 Å². The molecular weight excluding hydrogens is 290 g/mol. The van der Waals surface area contributed by atoms with E-state index in [1.807, 2.05) is 24.3 Å². The van der Waals surface area contributed by atoms with Crippen LogP contribution in [-0.2, 0) is 6.42 Å². The molecule has 0 saturated carbocycles. The molecule has 3 rings (SSSR count). The summed E-state index contributed by atoms with van der Waals surface area (Å²) in [7, 11) is 1.65. The van der Waals surface area contributed by atoms with Crippen molar-refractivity contribution < 1.29 is 9.26 Å². The maximum atomic E-state index is 5.32. The van der Waals surface area contributed by atoms with E-state index in [2.05, 4.69) is 15.5 Å². The maximum absolute atomic E-state index is 5.32. The third-order valence-corrected chi connectivity index (χ3v) is 3.75. The Morgan fingerprint density at radius 2 is 2.14 bits per heavy atom. The van der Waals surface area contributed by atoms with Gasteiger partial charge >= 0.3 is 0 Å². The van der Waals surface area contributed by atoms with Gasteiger partial charge in [0.15, 0.2) is 0 Å². The first-order valence-electron chi connectivity index (χ1n) is 7.03. The summed E-state index contributed by atoms with van der Waals surface area (Å²) in [4.78, 5) is 4.46. The summed E-state index contributed by atoms with van der Waals surface area (Å²) in [5, 5.41) is 7.42. The van der Waals surface area contributed by atoms with Crippen LogP contribution >= 0.6 is 12.4 Å². The Morgan fingerprint density at radius 1 is 1.33 bits per heavy atom. The van der Waals surface area contributed by atoms with Gasteiger partial charge in [-0.05, 0) is 56.1 Å². The van der Waals surface area contributed by atoms with E-state index in [0.29, 0.717) is 5.82 Å². The molecule has 0 amide bonds. The standard InChI is InChI=1S/C15H19N3O2.ClH/c1-19-13-5-3-12(4-6-13)15-17-14(20-18-15)7-2-11-8-9-16-10-11;/h3-6,11,16H,2,7-10H2,1H3;1H. The summed E-state index contributed by atoms with van der Waals surface area (Å²) < 4.78 is 10.5. The molecule has 0 spiro atoms. The Bertz CT molecular complexity index is 550. The van der Waals surface area contributed by atoms with E-state index in [-0.39, 0.29) is 12.4 Å². The lowest BCUT2D eigenvalue weighted by Gasteiger charge is -2.03. The van der Waals surface area contributed by atoms with Crippen LogP contribution in [-0.4, -0.2) is 30.3 Å². The van der Waals surface area contributed by atoms with Crippen molar-refractivity contribution in [2.45, 2.75) is 19.3 Å². The van der Waals surface area contributed by atoms with E-state index in [1.54, 1.807) is 7.11 Å². The highest BCUT2D eigenvalue weighted by Crippen LogP contribution is 2.21. The number of benzene rings is 1. The third kappa shape index (κ3) is 3.95. The first-order chi connectivity index (χ1) is 9.85. The topological polar surface area (TPSA) is 60.2 Å². The number of aryl methyl sites for hydroxylation is 1. The fraction of sp³-hybridized carbons (Fsp3) is 0.467. The quantitative estimate of drug-likeness (QED) is 0.920. The molecule has 21 heavy (non-hydrogen) atoms. The summed E-state index contributed by atoms with van der Waals surface area (Å²) in [6.45, 7) is 2.24. The van der Waals surface area contributed by atoms with Gasteiger partial charge in [0.25, 0.3) is 0 Å². The van der Waals surface area contributed by atoms with Gasteiger partial charge in [-0.15, -0.1) is 12.4 Å². The average molecular weight is 310 g/mol. The van der Waals surface area contributed by atoms with E-state index >= 15 is 0 Å². The summed E-state index contributed by atoms with van der Waals surface area (Å²) in [6.07, 6.45) is 3.21. The van der Waals surface area contributed by atoms with Crippen LogP contribution in [0.1, 0.15) is 18.7 Å². The van der Waals surface area contributed by atoms with Crippen molar-refractivity contribution in [2.75, 3.05) is 20.2 Å². The number of rotatable bonds is 5. The van der Waals surface area contributed by atoms with Gasteiger partial charge < -0.3 is 14.6 Å². The van der Waals surface area contributed by atoms with Crippen molar-refractivity contribution in [3.63, 3.8) is 0 Å². The zero-order chi connectivity index (χ0) is 13.8. The maximum Gasteiger partial charge on any atom is 0.226 e. The molecular formula is C15H20ClN3O2. The molecule has 0 bridgehead atoms. The van der Waals surface area contributed by atoms with E-state index in [0.717, 1.165) is 49.1 Å². The molecule has 1 aromatic carbocycles. The average Bonchev–Trinajstić information content (AvgIpc) is 3.17. The van der Waals surface area contributed by atoms with Crippen LogP contribution in [0.2, 0.25) is 0 Å². The summed E-state index contributed by atoms with van der Waals surface area (Å²) >= 11 is 0. The monoisotopic (exact) mass is 309 g/mol. The van der Waals surface area contributed by atoms with Crippen molar-refractivity contribution >= 4 is 12.4 Å². The molecule has 6 heteroatoms. The highest BCUT2D eigenvalue weighted by Gasteiger charge is 2.16. The molecule has 1 aromatic heterocycles. The van der Waals surface area contributed by atoms with Crippen LogP contribution < -0.4 is 10.1 Å². The van der Waals surface area contributed by atoms with Crippen LogP contribution in [0.15, 0.2) is 28.8 Å². The lowest BCUT2D eigenvalue weighted by atomic mass is 10.0. The summed E-state index contributed by atoms with van der Waals surface area (Å²) in [5.74, 6) is 2.94. The molecule has 5 nitrogen and oxygen atoms in total. The molecule has 1 unspecified atom stereocenters. The Kier molecular flexibility index (Phi) is 5.59.